The van der Waals surface area contributed by atoms with Gasteiger partial charge in [-0.15, -0.1) is 0 Å². The van der Waals surface area contributed by atoms with Gasteiger partial charge in [0.05, 0.1) is 14.2 Å². The molecule has 0 atom stereocenters. The second kappa shape index (κ2) is 27.5. The van der Waals surface area contributed by atoms with Crippen LogP contribution in [0.3, 0.4) is 0 Å². The van der Waals surface area contributed by atoms with Gasteiger partial charge < -0.3 is 61.5 Å². The third kappa shape index (κ3) is 15.4. The van der Waals surface area contributed by atoms with Gasteiger partial charge in [-0.25, -0.2) is 19.2 Å². The van der Waals surface area contributed by atoms with Crippen LogP contribution < -0.4 is 61.5 Å². The fraction of sp³-hybridized carbons (Fsp3) is 0.135. The molecule has 10 aromatic rings. The largest absolute Gasteiger partial charge is 0.496 e. The molecule has 0 aliphatic heterocycles. The SMILES string of the molecule is COc1c2cc(NC(=O)Nc3ccc(C)cc3)cc1Cc1cc(NC(=O)Nc3ccc(C)cc3)cc(c1Oc1ccccc1)Cc1cc(NC(=O)Nc3ccc(C)cc3)cc(c1OC)Cc1cc(NC(=O)Nc3ccc(C)cc3)cc(c1Oc1ccccc1)C2. The molecule has 0 unspecified atom stereocenters. The first-order chi connectivity index (χ1) is 43.6. The van der Waals surface area contributed by atoms with Crippen LogP contribution in [0.15, 0.2) is 206 Å². The molecule has 0 saturated carbocycles. The van der Waals surface area contributed by atoms with Crippen molar-refractivity contribution in [3.05, 3.63) is 273 Å². The van der Waals surface area contributed by atoms with Gasteiger partial charge in [0.15, 0.2) is 0 Å². The number of para-hydroxylation sites is 2. The van der Waals surface area contributed by atoms with Gasteiger partial charge >= 0.3 is 24.1 Å². The predicted molar refractivity (Wildman–Crippen MR) is 358 cm³/mol. The molecule has 8 N–H and O–H groups in total. The normalized spacial score (nSPS) is 11.4. The number of nitrogens with one attached hydrogen (secondary N) is 8. The molecule has 10 aromatic carbocycles. The number of benzene rings is 10. The molecular weight excluding hydrogens is 1130 g/mol. The Morgan fingerprint density at radius 2 is 0.467 bits per heavy atom. The number of urea groups is 4. The zero-order valence-corrected chi connectivity index (χ0v) is 50.7. The molecule has 0 fully saturated rings. The number of rotatable bonds is 14. The molecule has 1 aliphatic rings. The van der Waals surface area contributed by atoms with E-state index in [9.17, 15) is 19.2 Å². The Balaban J connectivity index is 1.14. The molecule has 11 rings (SSSR count). The lowest BCUT2D eigenvalue weighted by molar-refractivity contribution is 0.261. The maximum atomic E-state index is 14.2. The molecule has 16 heteroatoms. The number of methoxy groups -OCH3 is 2. The monoisotopic (exact) mass is 1200 g/mol. The first kappa shape index (κ1) is 60.2. The van der Waals surface area contributed by atoms with Gasteiger partial charge in [-0.3, -0.25) is 0 Å². The zero-order chi connectivity index (χ0) is 62.7. The summed E-state index contributed by atoms with van der Waals surface area (Å²) in [5.74, 6) is 3.01. The van der Waals surface area contributed by atoms with Gasteiger partial charge in [-0.1, -0.05) is 107 Å². The summed E-state index contributed by atoms with van der Waals surface area (Å²) < 4.78 is 27.1. The summed E-state index contributed by atoms with van der Waals surface area (Å²) in [6, 6.07) is 61.9. The van der Waals surface area contributed by atoms with Crippen molar-refractivity contribution in [3.8, 4) is 34.5 Å². The number of ether oxygens (including phenoxy) is 4. The molecule has 0 saturated heterocycles. The van der Waals surface area contributed by atoms with E-state index in [2.05, 4.69) is 42.5 Å². The van der Waals surface area contributed by atoms with E-state index in [0.717, 1.165) is 22.3 Å². The highest BCUT2D eigenvalue weighted by atomic mass is 16.5. The van der Waals surface area contributed by atoms with E-state index in [4.69, 9.17) is 18.9 Å². The van der Waals surface area contributed by atoms with Crippen molar-refractivity contribution in [3.63, 3.8) is 0 Å². The van der Waals surface area contributed by atoms with E-state index in [-0.39, 0.29) is 25.7 Å². The third-order valence-corrected chi connectivity index (χ3v) is 15.1. The Kier molecular flexibility index (Phi) is 18.4. The second-order valence-corrected chi connectivity index (χ2v) is 22.2. The minimum absolute atomic E-state index is 0.123. The summed E-state index contributed by atoms with van der Waals surface area (Å²) in [5, 5.41) is 24.4. The van der Waals surface area contributed by atoms with Crippen LogP contribution >= 0.6 is 0 Å². The molecule has 0 aromatic heterocycles. The molecule has 8 bridgehead atoms. The molecule has 1 aliphatic carbocycles. The lowest BCUT2D eigenvalue weighted by Gasteiger charge is -2.24. The summed E-state index contributed by atoms with van der Waals surface area (Å²) in [5.41, 5.74) is 13.4. The topological polar surface area (TPSA) is 201 Å². The number of anilines is 8. The average molecular weight is 1200 g/mol. The maximum Gasteiger partial charge on any atom is 0.323 e. The average Bonchev–Trinajstić information content (AvgIpc) is 1.11. The van der Waals surface area contributed by atoms with E-state index in [0.29, 0.717) is 125 Å². The van der Waals surface area contributed by atoms with Crippen LogP contribution in [0, 0.1) is 27.7 Å². The molecule has 0 radical (unpaired) electrons. The van der Waals surface area contributed by atoms with E-state index < -0.39 is 24.1 Å². The number of aryl methyl sites for hydroxylation is 4. The fourth-order valence-electron chi connectivity index (χ4n) is 10.9. The van der Waals surface area contributed by atoms with Crippen LogP contribution in [-0.2, 0) is 25.7 Å². The van der Waals surface area contributed by atoms with Gasteiger partial charge in [0.25, 0.3) is 0 Å². The fourth-order valence-corrected chi connectivity index (χ4v) is 10.9. The van der Waals surface area contributed by atoms with E-state index >= 15 is 0 Å². The number of hydrogen-bond donors (Lipinski definition) is 8. The van der Waals surface area contributed by atoms with Crippen LogP contribution in [-0.4, -0.2) is 38.3 Å². The highest BCUT2D eigenvalue weighted by Gasteiger charge is 2.26. The Bertz CT molecular complexity index is 3890. The van der Waals surface area contributed by atoms with Gasteiger partial charge in [0, 0.05) is 116 Å². The van der Waals surface area contributed by atoms with Crippen molar-refractivity contribution in [2.75, 3.05) is 56.8 Å². The van der Waals surface area contributed by atoms with Crippen molar-refractivity contribution in [1.82, 2.24) is 0 Å². The minimum Gasteiger partial charge on any atom is -0.496 e. The Morgan fingerprint density at radius 1 is 0.267 bits per heavy atom. The molecule has 452 valence electrons. The molecule has 90 heavy (non-hydrogen) atoms. The van der Waals surface area contributed by atoms with Crippen molar-refractivity contribution < 1.29 is 38.1 Å². The highest BCUT2D eigenvalue weighted by molar-refractivity contribution is 6.02. The van der Waals surface area contributed by atoms with Crippen molar-refractivity contribution in [1.29, 1.82) is 0 Å². The highest BCUT2D eigenvalue weighted by Crippen LogP contribution is 2.44. The summed E-state index contributed by atoms with van der Waals surface area (Å²) in [6.07, 6.45) is 0.492. The molecule has 8 amide bonds. The number of carbonyl (C=O) groups is 4. The summed E-state index contributed by atoms with van der Waals surface area (Å²) in [4.78, 5) is 56.6. The maximum absolute atomic E-state index is 14.2. The molecular formula is C74H68N8O8. The first-order valence-electron chi connectivity index (χ1n) is 29.4. The smallest absolute Gasteiger partial charge is 0.323 e. The van der Waals surface area contributed by atoms with Crippen LogP contribution in [0.2, 0.25) is 0 Å². The second-order valence-electron chi connectivity index (χ2n) is 22.2. The number of carbonyl (C=O) groups excluding carboxylic acids is 4. The number of hydrogen-bond acceptors (Lipinski definition) is 8. The minimum atomic E-state index is -0.484. The molecule has 0 heterocycles. The van der Waals surface area contributed by atoms with E-state index in [1.165, 1.54) is 0 Å². The van der Waals surface area contributed by atoms with Crippen LogP contribution in [0.5, 0.6) is 34.5 Å². The lowest BCUT2D eigenvalue weighted by Crippen LogP contribution is -2.20. The van der Waals surface area contributed by atoms with Gasteiger partial charge in [0.2, 0.25) is 0 Å². The molecule has 0 spiro atoms. The number of fused-ring (bicyclic) bond motifs is 8. The predicted octanol–water partition coefficient (Wildman–Crippen LogP) is 17.8. The lowest BCUT2D eigenvalue weighted by atomic mass is 9.90. The number of amides is 8. The summed E-state index contributed by atoms with van der Waals surface area (Å²) in [7, 11) is 3.20. The zero-order valence-electron chi connectivity index (χ0n) is 50.7. The van der Waals surface area contributed by atoms with E-state index in [1.54, 1.807) is 14.2 Å². The Morgan fingerprint density at radius 3 is 0.678 bits per heavy atom. The van der Waals surface area contributed by atoms with Gasteiger partial charge in [-0.05, 0) is 149 Å². The van der Waals surface area contributed by atoms with Crippen LogP contribution in [0.4, 0.5) is 64.7 Å². The van der Waals surface area contributed by atoms with Crippen LogP contribution in [0.25, 0.3) is 0 Å². The van der Waals surface area contributed by atoms with Crippen molar-refractivity contribution in [2.45, 2.75) is 53.4 Å². The Hall–Kier alpha value is -11.5. The van der Waals surface area contributed by atoms with Gasteiger partial charge in [-0.2, -0.15) is 0 Å². The van der Waals surface area contributed by atoms with Crippen molar-refractivity contribution in [2.24, 2.45) is 0 Å². The first-order valence-corrected chi connectivity index (χ1v) is 29.4. The quantitative estimate of drug-likeness (QED) is 0.0525. The molecule has 16 nitrogen and oxygen atoms in total. The van der Waals surface area contributed by atoms with Crippen LogP contribution in [0.1, 0.15) is 66.8 Å². The third-order valence-electron chi connectivity index (χ3n) is 15.1. The summed E-state index contributed by atoms with van der Waals surface area (Å²) >= 11 is 0. The van der Waals surface area contributed by atoms with Gasteiger partial charge in [0.1, 0.15) is 34.5 Å². The summed E-state index contributed by atoms with van der Waals surface area (Å²) in [6.45, 7) is 7.91. The Labute approximate surface area is 523 Å². The standard InChI is InChI=1S/C74H68N8O8/c1-45-17-25-57(26-18-45)75-71(83)79-61-37-49-33-53-41-63(81-73(85)77-59-29-21-47(3)22-30-59)43-55(69(53)89-65-13-9-7-10-14-65)35-51-39-62(80-72(84)76-58-27-19-46(2)20-28-58)40-52(68(51)88-6)36-56-44-64(82-74(86)78-60-31-23-48(4)24-32-60)42-54(34-50(38-61)67(49)87-5)70(56)90-66-15-11-8-12-16-66/h7-32,37-44H,33-36H2,1-6H3,(H2,75,79,83)(H2,76,80,84)(H2,77,81,85)(H2,78,82,86). The van der Waals surface area contributed by atoms with E-state index in [1.807, 2.05) is 234 Å². The van der Waals surface area contributed by atoms with Crippen molar-refractivity contribution >= 4 is 69.6 Å².